The molecule has 1 aromatic heterocycles. The van der Waals surface area contributed by atoms with Gasteiger partial charge >= 0.3 is 0 Å². The van der Waals surface area contributed by atoms with E-state index in [0.29, 0.717) is 59.3 Å². The summed E-state index contributed by atoms with van der Waals surface area (Å²) in [6, 6.07) is 11.1. The predicted octanol–water partition coefficient (Wildman–Crippen LogP) is 5.18. The lowest BCUT2D eigenvalue weighted by Crippen LogP contribution is -2.48. The Labute approximate surface area is 251 Å². The van der Waals surface area contributed by atoms with Crippen molar-refractivity contribution >= 4 is 23.2 Å². The van der Waals surface area contributed by atoms with Crippen LogP contribution in [0.25, 0.3) is 0 Å². The molecular formula is C32H38ClFN4O4. The molecule has 0 saturated carbocycles. The van der Waals surface area contributed by atoms with Gasteiger partial charge in [-0.3, -0.25) is 4.79 Å². The molecule has 3 heterocycles. The highest BCUT2D eigenvalue weighted by Crippen LogP contribution is 2.37. The van der Waals surface area contributed by atoms with Crippen molar-refractivity contribution in [3.63, 3.8) is 0 Å². The molecule has 0 spiro atoms. The molecule has 2 aliphatic heterocycles. The monoisotopic (exact) mass is 596 g/mol. The highest BCUT2D eigenvalue weighted by Gasteiger charge is 2.29. The molecule has 1 saturated heterocycles. The number of benzene rings is 2. The molecular weight excluding hydrogens is 559 g/mol. The summed E-state index contributed by atoms with van der Waals surface area (Å²) in [6.45, 7) is 9.48. The number of nitrogens with one attached hydrogen (secondary N) is 1. The molecule has 5 rings (SSSR count). The molecule has 42 heavy (non-hydrogen) atoms. The molecule has 3 aromatic rings. The average molecular weight is 597 g/mol. The molecule has 1 amide bonds. The largest absolute Gasteiger partial charge is 0.619 e. The van der Waals surface area contributed by atoms with Crippen molar-refractivity contribution in [3.05, 3.63) is 87.1 Å². The van der Waals surface area contributed by atoms with Crippen LogP contribution in [0.5, 0.6) is 11.5 Å². The van der Waals surface area contributed by atoms with Crippen LogP contribution in [0.2, 0.25) is 5.02 Å². The van der Waals surface area contributed by atoms with Crippen LogP contribution in [0.4, 0.5) is 10.1 Å². The summed E-state index contributed by atoms with van der Waals surface area (Å²) in [4.78, 5) is 17.5. The second-order valence-corrected chi connectivity index (χ2v) is 11.6. The molecule has 8 nitrogen and oxygen atoms in total. The van der Waals surface area contributed by atoms with Crippen LogP contribution in [0.3, 0.4) is 0 Å². The van der Waals surface area contributed by atoms with E-state index in [1.54, 1.807) is 26.0 Å². The van der Waals surface area contributed by atoms with Gasteiger partial charge in [-0.05, 0) is 70.4 Å². The molecule has 1 unspecified atom stereocenters. The summed E-state index contributed by atoms with van der Waals surface area (Å²) in [5, 5.41) is 15.2. The molecule has 1 fully saturated rings. The summed E-state index contributed by atoms with van der Waals surface area (Å²) >= 11 is 6.23. The first kappa shape index (κ1) is 29.9. The molecule has 1 N–H and O–H groups in total. The number of carbonyl (C=O) groups excluding carboxylic acids is 1. The van der Waals surface area contributed by atoms with Gasteiger partial charge in [-0.1, -0.05) is 11.6 Å². The van der Waals surface area contributed by atoms with Gasteiger partial charge in [-0.15, -0.1) is 0 Å². The molecule has 0 bridgehead atoms. The van der Waals surface area contributed by atoms with Crippen LogP contribution in [-0.4, -0.2) is 55.7 Å². The summed E-state index contributed by atoms with van der Waals surface area (Å²) in [7, 11) is 0. The number of rotatable bonds is 9. The number of ether oxygens (including phenoxy) is 2. The van der Waals surface area contributed by atoms with Crippen molar-refractivity contribution in [1.82, 2.24) is 10.2 Å². The zero-order chi connectivity index (χ0) is 29.8. The fourth-order valence-corrected chi connectivity index (χ4v) is 6.21. The maximum Gasteiger partial charge on any atom is 0.252 e. The Morgan fingerprint density at radius 3 is 2.52 bits per heavy atom. The maximum atomic E-state index is 14.8. The lowest BCUT2D eigenvalue weighted by atomic mass is 9.99. The number of pyridine rings is 1. The number of aryl methyl sites for hydroxylation is 2. The van der Waals surface area contributed by atoms with Gasteiger partial charge in [0.05, 0.1) is 5.56 Å². The van der Waals surface area contributed by atoms with Crippen molar-refractivity contribution < 1.29 is 23.4 Å². The van der Waals surface area contributed by atoms with Gasteiger partial charge in [0.1, 0.15) is 19.0 Å². The molecule has 224 valence electrons. The first-order valence-electron chi connectivity index (χ1n) is 14.5. The van der Waals surface area contributed by atoms with Crippen LogP contribution in [0, 0.1) is 24.9 Å². The highest BCUT2D eigenvalue weighted by molar-refractivity contribution is 6.30. The first-order valence-corrected chi connectivity index (χ1v) is 14.9. The number of hydrogen-bond acceptors (Lipinski definition) is 6. The van der Waals surface area contributed by atoms with Crippen molar-refractivity contribution in [3.8, 4) is 11.5 Å². The molecule has 10 heteroatoms. The number of amides is 1. The number of aromatic nitrogens is 1. The van der Waals surface area contributed by atoms with Crippen LogP contribution in [0.15, 0.2) is 48.8 Å². The number of nitrogens with zero attached hydrogens (tertiary/aromatic N) is 3. The van der Waals surface area contributed by atoms with E-state index in [-0.39, 0.29) is 23.8 Å². The number of carbonyl (C=O) groups is 1. The summed E-state index contributed by atoms with van der Waals surface area (Å²) < 4.78 is 27.1. The van der Waals surface area contributed by atoms with Crippen molar-refractivity contribution in [2.75, 3.05) is 37.7 Å². The Morgan fingerprint density at radius 1 is 1.12 bits per heavy atom. The fourth-order valence-electron chi connectivity index (χ4n) is 6.01. The minimum absolute atomic E-state index is 0.153. The summed E-state index contributed by atoms with van der Waals surface area (Å²) in [5.41, 5.74) is 3.40. The fraction of sp³-hybridized carbons (Fsp3) is 0.438. The van der Waals surface area contributed by atoms with Crippen LogP contribution >= 0.6 is 11.6 Å². The lowest BCUT2D eigenvalue weighted by Gasteiger charge is -2.42. The van der Waals surface area contributed by atoms with Crippen LogP contribution in [-0.2, 0) is 6.54 Å². The van der Waals surface area contributed by atoms with E-state index in [2.05, 4.69) is 22.0 Å². The van der Waals surface area contributed by atoms with Gasteiger partial charge in [-0.25, -0.2) is 4.39 Å². The summed E-state index contributed by atoms with van der Waals surface area (Å²) in [6.07, 6.45) is 5.46. The van der Waals surface area contributed by atoms with E-state index in [9.17, 15) is 14.4 Å². The standard InChI is InChI=1S/C32H38ClFN4O4/c1-21-18-37(40)19-22(2)31(21)32(39)35-11-8-23(3)36-12-9-26(10-13-36)38(20-24-16-25(33)4-6-28(24)34)27-5-7-29-30(17-27)42-15-14-41-29/h4-7,16-19,23,26H,8-15,20H2,1-3H3,(H,35,39). The van der Waals surface area contributed by atoms with Crippen molar-refractivity contribution in [2.45, 2.75) is 58.7 Å². The zero-order valence-electron chi connectivity index (χ0n) is 24.4. The molecule has 2 aliphatic rings. The van der Waals surface area contributed by atoms with Gasteiger partial charge in [-0.2, -0.15) is 4.73 Å². The Balaban J connectivity index is 1.22. The Kier molecular flexibility index (Phi) is 9.38. The Bertz CT molecular complexity index is 1410. The van der Waals surface area contributed by atoms with Gasteiger partial charge < -0.3 is 29.8 Å². The lowest BCUT2D eigenvalue weighted by molar-refractivity contribution is -0.606. The van der Waals surface area contributed by atoms with E-state index in [4.69, 9.17) is 21.1 Å². The third-order valence-electron chi connectivity index (χ3n) is 8.27. The van der Waals surface area contributed by atoms with E-state index >= 15 is 0 Å². The molecule has 0 radical (unpaired) electrons. The first-order chi connectivity index (χ1) is 20.2. The van der Waals surface area contributed by atoms with Crippen LogP contribution < -0.4 is 24.4 Å². The smallest absolute Gasteiger partial charge is 0.252 e. The minimum atomic E-state index is -0.275. The number of hydrogen-bond donors (Lipinski definition) is 1. The zero-order valence-corrected chi connectivity index (χ0v) is 25.1. The van der Waals surface area contributed by atoms with Crippen LogP contribution in [0.1, 0.15) is 53.2 Å². The third-order valence-corrected chi connectivity index (χ3v) is 8.51. The van der Waals surface area contributed by atoms with Crippen molar-refractivity contribution in [2.24, 2.45) is 0 Å². The SMILES string of the molecule is Cc1c[n+]([O-])cc(C)c1C(=O)NCCC(C)N1CCC(N(Cc2cc(Cl)ccc2F)c2ccc3c(c2)OCCO3)CC1. The molecule has 2 aromatic carbocycles. The third kappa shape index (κ3) is 6.90. The predicted molar refractivity (Wildman–Crippen MR) is 161 cm³/mol. The maximum absolute atomic E-state index is 14.8. The number of anilines is 1. The minimum Gasteiger partial charge on any atom is -0.619 e. The van der Waals surface area contributed by atoms with Gasteiger partial charge in [0, 0.05) is 71.7 Å². The molecule has 0 aliphatic carbocycles. The number of fused-ring (bicyclic) bond motifs is 1. The van der Waals surface area contributed by atoms with Gasteiger partial charge in [0.25, 0.3) is 5.91 Å². The average Bonchev–Trinajstić information content (AvgIpc) is 2.97. The topological polar surface area (TPSA) is 81.0 Å². The van der Waals surface area contributed by atoms with E-state index in [1.165, 1.54) is 18.5 Å². The second-order valence-electron chi connectivity index (χ2n) is 11.2. The number of likely N-dealkylation sites (tertiary alicyclic amines) is 1. The molecule has 1 atom stereocenters. The normalized spacial score (nSPS) is 16.2. The van der Waals surface area contributed by atoms with E-state index in [1.807, 2.05) is 18.2 Å². The van der Waals surface area contributed by atoms with Crippen molar-refractivity contribution in [1.29, 1.82) is 0 Å². The number of piperidine rings is 1. The Morgan fingerprint density at radius 2 is 1.81 bits per heavy atom. The van der Waals surface area contributed by atoms with E-state index in [0.717, 1.165) is 48.5 Å². The van der Waals surface area contributed by atoms with Gasteiger partial charge in [0.2, 0.25) is 0 Å². The number of halogens is 2. The summed E-state index contributed by atoms with van der Waals surface area (Å²) in [5.74, 6) is 1.00. The quantitative estimate of drug-likeness (QED) is 0.271. The Hall–Kier alpha value is -3.56. The van der Waals surface area contributed by atoms with E-state index < -0.39 is 0 Å². The highest BCUT2D eigenvalue weighted by atomic mass is 35.5. The second kappa shape index (κ2) is 13.2. The van der Waals surface area contributed by atoms with Gasteiger partial charge in [0.15, 0.2) is 23.9 Å².